The van der Waals surface area contributed by atoms with E-state index >= 15 is 0 Å². The number of pyridine rings is 1. The van der Waals surface area contributed by atoms with E-state index in [9.17, 15) is 4.79 Å². The molecule has 0 radical (unpaired) electrons. The first-order valence-corrected chi connectivity index (χ1v) is 10.2. The third-order valence-electron chi connectivity index (χ3n) is 5.48. The van der Waals surface area contributed by atoms with Crippen molar-refractivity contribution in [3.63, 3.8) is 0 Å². The maximum Gasteiger partial charge on any atom is 0.261 e. The molecule has 0 amide bonds. The molecule has 0 fully saturated rings. The van der Waals surface area contributed by atoms with Crippen molar-refractivity contribution >= 4 is 16.6 Å². The van der Waals surface area contributed by atoms with Crippen LogP contribution in [-0.2, 0) is 24.3 Å². The van der Waals surface area contributed by atoms with Gasteiger partial charge in [-0.3, -0.25) is 4.79 Å². The quantitative estimate of drug-likeness (QED) is 0.423. The Bertz CT molecular complexity index is 1410. The van der Waals surface area contributed by atoms with Crippen LogP contribution in [0.1, 0.15) is 11.3 Å². The van der Waals surface area contributed by atoms with Crippen LogP contribution in [0.25, 0.3) is 27.7 Å². The number of rotatable bonds is 6. The van der Waals surface area contributed by atoms with Crippen molar-refractivity contribution in [1.29, 1.82) is 0 Å². The highest BCUT2D eigenvalue weighted by Gasteiger charge is 2.18. The van der Waals surface area contributed by atoms with Gasteiger partial charge >= 0.3 is 0 Å². The van der Waals surface area contributed by atoms with Gasteiger partial charge in [-0.05, 0) is 23.6 Å². The molecule has 0 aliphatic carbocycles. The molecule has 154 valence electrons. The van der Waals surface area contributed by atoms with E-state index < -0.39 is 0 Å². The first-order chi connectivity index (χ1) is 15.3. The summed E-state index contributed by atoms with van der Waals surface area (Å²) in [4.78, 5) is 17.8. The van der Waals surface area contributed by atoms with Gasteiger partial charge in [0.25, 0.3) is 5.56 Å². The molecule has 2 aromatic carbocycles. The highest BCUT2D eigenvalue weighted by atomic mass is 16.5. The van der Waals surface area contributed by atoms with Gasteiger partial charge in [0.05, 0.1) is 28.8 Å². The standard InChI is InChI=1S/C25H22N4O2/c1-31-17-21-23(19-10-6-3-7-11-19)24-26-16-20-22(29(24)27-21)13-15-28(25(20)30)14-12-18-8-4-2-5-9-18/h2-11,13,15-16H,12,14,17H2,1H3. The second kappa shape index (κ2) is 8.16. The SMILES string of the molecule is COCc1nn2c(ncc3c(=O)n(CCc4ccccc4)ccc32)c1-c1ccccc1. The van der Waals surface area contributed by atoms with Gasteiger partial charge in [-0.25, -0.2) is 9.50 Å². The van der Waals surface area contributed by atoms with Gasteiger partial charge in [-0.1, -0.05) is 60.7 Å². The molecule has 6 nitrogen and oxygen atoms in total. The number of methoxy groups -OCH3 is 1. The normalized spacial score (nSPS) is 11.4. The van der Waals surface area contributed by atoms with Crippen molar-refractivity contribution in [2.24, 2.45) is 0 Å². The van der Waals surface area contributed by atoms with Gasteiger partial charge in [0, 0.05) is 26.0 Å². The van der Waals surface area contributed by atoms with Crippen LogP contribution in [0.2, 0.25) is 0 Å². The minimum atomic E-state index is -0.0621. The van der Waals surface area contributed by atoms with Gasteiger partial charge in [-0.15, -0.1) is 0 Å². The number of fused-ring (bicyclic) bond motifs is 3. The molecule has 3 aromatic heterocycles. The number of nitrogens with zero attached hydrogens (tertiary/aromatic N) is 4. The molecule has 0 atom stereocenters. The largest absolute Gasteiger partial charge is 0.378 e. The smallest absolute Gasteiger partial charge is 0.261 e. The van der Waals surface area contributed by atoms with E-state index in [-0.39, 0.29) is 5.56 Å². The summed E-state index contributed by atoms with van der Waals surface area (Å²) in [5.41, 5.74) is 5.34. The van der Waals surface area contributed by atoms with Crippen LogP contribution in [0.15, 0.2) is 83.9 Å². The molecule has 3 heterocycles. The Morgan fingerprint density at radius 2 is 1.71 bits per heavy atom. The second-order valence-corrected chi connectivity index (χ2v) is 7.46. The molecule has 5 rings (SSSR count). The van der Waals surface area contributed by atoms with E-state index in [4.69, 9.17) is 9.84 Å². The predicted molar refractivity (Wildman–Crippen MR) is 121 cm³/mol. The topological polar surface area (TPSA) is 61.4 Å². The zero-order chi connectivity index (χ0) is 21.2. The Morgan fingerprint density at radius 3 is 2.45 bits per heavy atom. The average Bonchev–Trinajstić information content (AvgIpc) is 3.18. The lowest BCUT2D eigenvalue weighted by atomic mass is 10.1. The van der Waals surface area contributed by atoms with E-state index in [1.165, 1.54) is 5.56 Å². The molecule has 0 bridgehead atoms. The van der Waals surface area contributed by atoms with Crippen molar-refractivity contribution < 1.29 is 4.74 Å². The number of benzene rings is 2. The summed E-state index contributed by atoms with van der Waals surface area (Å²) in [6.07, 6.45) is 4.30. The van der Waals surface area contributed by atoms with Crippen molar-refractivity contribution in [2.45, 2.75) is 19.6 Å². The van der Waals surface area contributed by atoms with Crippen LogP contribution < -0.4 is 5.56 Å². The summed E-state index contributed by atoms with van der Waals surface area (Å²) in [6, 6.07) is 22.1. The molecule has 6 heteroatoms. The molecule has 5 aromatic rings. The van der Waals surface area contributed by atoms with Gasteiger partial charge in [0.15, 0.2) is 5.65 Å². The molecule has 0 aliphatic rings. The maximum absolute atomic E-state index is 13.1. The Morgan fingerprint density at radius 1 is 0.968 bits per heavy atom. The fourth-order valence-corrected chi connectivity index (χ4v) is 3.96. The summed E-state index contributed by atoms with van der Waals surface area (Å²) < 4.78 is 8.87. The molecular formula is C25H22N4O2. The van der Waals surface area contributed by atoms with Gasteiger partial charge in [0.2, 0.25) is 0 Å². The highest BCUT2D eigenvalue weighted by Crippen LogP contribution is 2.29. The minimum Gasteiger partial charge on any atom is -0.378 e. The monoisotopic (exact) mass is 410 g/mol. The maximum atomic E-state index is 13.1. The molecular weight excluding hydrogens is 388 g/mol. The zero-order valence-electron chi connectivity index (χ0n) is 17.2. The first kappa shape index (κ1) is 19.2. The van der Waals surface area contributed by atoms with Crippen LogP contribution >= 0.6 is 0 Å². The van der Waals surface area contributed by atoms with Gasteiger partial charge < -0.3 is 9.30 Å². The lowest BCUT2D eigenvalue weighted by Gasteiger charge is -2.08. The molecule has 0 saturated carbocycles. The van der Waals surface area contributed by atoms with Crippen molar-refractivity contribution in [2.75, 3.05) is 7.11 Å². The van der Waals surface area contributed by atoms with Gasteiger partial charge in [-0.2, -0.15) is 5.10 Å². The molecule has 31 heavy (non-hydrogen) atoms. The molecule has 0 saturated heterocycles. The third-order valence-corrected chi connectivity index (χ3v) is 5.48. The summed E-state index contributed by atoms with van der Waals surface area (Å²) >= 11 is 0. The van der Waals surface area contributed by atoms with Crippen molar-refractivity contribution in [3.05, 3.63) is 101 Å². The molecule has 0 unspecified atom stereocenters. The number of aryl methyl sites for hydroxylation is 2. The Balaban J connectivity index is 1.62. The van der Waals surface area contributed by atoms with Crippen molar-refractivity contribution in [1.82, 2.24) is 19.2 Å². The highest BCUT2D eigenvalue weighted by molar-refractivity contribution is 5.86. The summed E-state index contributed by atoms with van der Waals surface area (Å²) in [6.45, 7) is 0.976. The van der Waals surface area contributed by atoms with E-state index in [0.29, 0.717) is 24.2 Å². The minimum absolute atomic E-state index is 0.0621. The Hall–Kier alpha value is -3.77. The summed E-state index contributed by atoms with van der Waals surface area (Å²) in [5.74, 6) is 0. The first-order valence-electron chi connectivity index (χ1n) is 10.2. The number of ether oxygens (including phenoxy) is 1. The summed E-state index contributed by atoms with van der Waals surface area (Å²) in [7, 11) is 1.65. The average molecular weight is 410 g/mol. The summed E-state index contributed by atoms with van der Waals surface area (Å²) in [5, 5.41) is 5.30. The third kappa shape index (κ3) is 3.51. The predicted octanol–water partition coefficient (Wildman–Crippen LogP) is 4.10. The lowest BCUT2D eigenvalue weighted by Crippen LogP contribution is -2.21. The van der Waals surface area contributed by atoms with E-state index in [2.05, 4.69) is 17.1 Å². The second-order valence-electron chi connectivity index (χ2n) is 7.46. The molecule has 0 aliphatic heterocycles. The van der Waals surface area contributed by atoms with Crippen LogP contribution in [0.5, 0.6) is 0 Å². The number of hydrogen-bond donors (Lipinski definition) is 0. The number of hydrogen-bond acceptors (Lipinski definition) is 4. The van der Waals surface area contributed by atoms with Crippen LogP contribution in [0.3, 0.4) is 0 Å². The van der Waals surface area contributed by atoms with E-state index in [1.807, 2.05) is 60.8 Å². The Labute approximate surface area is 179 Å². The van der Waals surface area contributed by atoms with Crippen LogP contribution in [0, 0.1) is 0 Å². The fraction of sp³-hybridized carbons (Fsp3) is 0.160. The van der Waals surface area contributed by atoms with Crippen molar-refractivity contribution in [3.8, 4) is 11.1 Å². The molecule has 0 N–H and O–H groups in total. The number of aromatic nitrogens is 4. The molecule has 0 spiro atoms. The van der Waals surface area contributed by atoms with Crippen LogP contribution in [-0.4, -0.2) is 26.3 Å². The van der Waals surface area contributed by atoms with E-state index in [1.54, 1.807) is 22.4 Å². The van der Waals surface area contributed by atoms with Crippen LogP contribution in [0.4, 0.5) is 0 Å². The fourth-order valence-electron chi connectivity index (χ4n) is 3.96. The van der Waals surface area contributed by atoms with E-state index in [0.717, 1.165) is 28.8 Å². The Kier molecular flexibility index (Phi) is 5.06. The lowest BCUT2D eigenvalue weighted by molar-refractivity contribution is 0.181. The van der Waals surface area contributed by atoms with Gasteiger partial charge in [0.1, 0.15) is 0 Å². The zero-order valence-corrected chi connectivity index (χ0v) is 17.2.